The van der Waals surface area contributed by atoms with E-state index in [0.717, 1.165) is 28.2 Å². The second-order valence-electron chi connectivity index (χ2n) is 5.91. The van der Waals surface area contributed by atoms with Crippen molar-refractivity contribution in [1.82, 2.24) is 14.8 Å². The number of hydrogen-bond donors (Lipinski definition) is 0. The Morgan fingerprint density at radius 2 is 1.81 bits per heavy atom. The van der Waals surface area contributed by atoms with Gasteiger partial charge in [0.05, 0.1) is 12.4 Å². The third kappa shape index (κ3) is 5.91. The summed E-state index contributed by atoms with van der Waals surface area (Å²) in [6.45, 7) is 7.27. The van der Waals surface area contributed by atoms with Gasteiger partial charge in [0, 0.05) is 17.2 Å². The van der Waals surface area contributed by atoms with Crippen molar-refractivity contribution in [2.45, 2.75) is 29.3 Å². The lowest BCUT2D eigenvalue weighted by molar-refractivity contribution is 0.343. The number of rotatable bonds is 10. The fraction of sp³-hybridized carbons (Fsp3) is 0.238. The average Bonchev–Trinajstić information content (AvgIpc) is 3.08. The molecular formula is C21H23N3OS2. The molecule has 0 atom stereocenters. The molecule has 0 saturated heterocycles. The minimum Gasteiger partial charge on any atom is -0.493 e. The fourth-order valence-electron chi connectivity index (χ4n) is 2.44. The summed E-state index contributed by atoms with van der Waals surface area (Å²) >= 11 is 3.42. The van der Waals surface area contributed by atoms with Crippen LogP contribution in [0, 0.1) is 6.92 Å². The zero-order valence-electron chi connectivity index (χ0n) is 15.4. The molecule has 27 heavy (non-hydrogen) atoms. The third-order valence-electron chi connectivity index (χ3n) is 3.82. The van der Waals surface area contributed by atoms with Crippen molar-refractivity contribution < 1.29 is 4.74 Å². The van der Waals surface area contributed by atoms with E-state index >= 15 is 0 Å². The van der Waals surface area contributed by atoms with Crippen LogP contribution in [0.5, 0.6) is 5.75 Å². The second kappa shape index (κ2) is 10.2. The molecule has 0 aliphatic rings. The van der Waals surface area contributed by atoms with Gasteiger partial charge in [-0.15, -0.1) is 28.5 Å². The Morgan fingerprint density at radius 3 is 2.56 bits per heavy atom. The highest BCUT2D eigenvalue weighted by Gasteiger charge is 2.12. The van der Waals surface area contributed by atoms with Crippen LogP contribution in [0.15, 0.2) is 77.3 Å². The number of benzene rings is 2. The van der Waals surface area contributed by atoms with Gasteiger partial charge in [-0.1, -0.05) is 53.7 Å². The normalized spacial score (nSPS) is 10.7. The first-order valence-corrected chi connectivity index (χ1v) is 10.8. The molecule has 1 aromatic heterocycles. The highest BCUT2D eigenvalue weighted by Crippen LogP contribution is 2.24. The van der Waals surface area contributed by atoms with E-state index in [2.05, 4.69) is 52.5 Å². The Labute approximate surface area is 169 Å². The Balaban J connectivity index is 1.54. The maximum atomic E-state index is 5.79. The van der Waals surface area contributed by atoms with E-state index in [1.807, 2.05) is 36.4 Å². The predicted octanol–water partition coefficient (Wildman–Crippen LogP) is 5.24. The van der Waals surface area contributed by atoms with Gasteiger partial charge in [-0.3, -0.25) is 0 Å². The summed E-state index contributed by atoms with van der Waals surface area (Å²) in [6.07, 6.45) is 1.88. The van der Waals surface area contributed by atoms with E-state index in [1.165, 1.54) is 10.5 Å². The molecule has 0 bridgehead atoms. The largest absolute Gasteiger partial charge is 0.493 e. The summed E-state index contributed by atoms with van der Waals surface area (Å²) in [4.78, 5) is 1.23. The summed E-state index contributed by atoms with van der Waals surface area (Å²) in [5.74, 6) is 3.46. The van der Waals surface area contributed by atoms with Crippen LogP contribution in [0.1, 0.15) is 11.4 Å². The molecule has 0 amide bonds. The van der Waals surface area contributed by atoms with Gasteiger partial charge >= 0.3 is 0 Å². The van der Waals surface area contributed by atoms with E-state index in [9.17, 15) is 0 Å². The maximum absolute atomic E-state index is 5.79. The minimum absolute atomic E-state index is 0.628. The van der Waals surface area contributed by atoms with Crippen LogP contribution < -0.4 is 4.74 Å². The van der Waals surface area contributed by atoms with Crippen LogP contribution >= 0.6 is 23.5 Å². The topological polar surface area (TPSA) is 39.9 Å². The smallest absolute Gasteiger partial charge is 0.191 e. The molecule has 0 saturated carbocycles. The zero-order valence-corrected chi connectivity index (χ0v) is 17.0. The standard InChI is InChI=1S/C21H23N3OS2/c1-3-13-24-20(16-27-19-7-5-4-6-8-19)22-23-21(24)26-15-14-25-18-11-9-17(2)10-12-18/h3-12H,1,13-16H2,2H3. The van der Waals surface area contributed by atoms with Gasteiger partial charge in [0.1, 0.15) is 11.6 Å². The first kappa shape index (κ1) is 19.6. The van der Waals surface area contributed by atoms with Gasteiger partial charge in [-0.05, 0) is 31.2 Å². The summed E-state index contributed by atoms with van der Waals surface area (Å²) in [5, 5.41) is 9.65. The molecule has 3 rings (SSSR count). The van der Waals surface area contributed by atoms with Crippen molar-refractivity contribution in [1.29, 1.82) is 0 Å². The number of aryl methyl sites for hydroxylation is 1. The third-order valence-corrected chi connectivity index (χ3v) is 5.76. The molecule has 3 aromatic rings. The van der Waals surface area contributed by atoms with Crippen molar-refractivity contribution in [3.63, 3.8) is 0 Å². The van der Waals surface area contributed by atoms with E-state index in [4.69, 9.17) is 4.74 Å². The van der Waals surface area contributed by atoms with Crippen LogP contribution in [0.2, 0.25) is 0 Å². The molecule has 0 aliphatic heterocycles. The summed E-state index contributed by atoms with van der Waals surface area (Å²) in [5.41, 5.74) is 1.23. The summed E-state index contributed by atoms with van der Waals surface area (Å²) < 4.78 is 7.92. The van der Waals surface area contributed by atoms with Gasteiger partial charge in [0.25, 0.3) is 0 Å². The molecular weight excluding hydrogens is 374 g/mol. The fourth-order valence-corrected chi connectivity index (χ4v) is 4.08. The minimum atomic E-state index is 0.628. The molecule has 1 heterocycles. The van der Waals surface area contributed by atoms with E-state index < -0.39 is 0 Å². The molecule has 6 heteroatoms. The van der Waals surface area contributed by atoms with Crippen LogP contribution in [0.4, 0.5) is 0 Å². The maximum Gasteiger partial charge on any atom is 0.191 e. The van der Waals surface area contributed by atoms with Crippen molar-refractivity contribution in [2.75, 3.05) is 12.4 Å². The van der Waals surface area contributed by atoms with Gasteiger partial charge in [0.2, 0.25) is 0 Å². The highest BCUT2D eigenvalue weighted by molar-refractivity contribution is 7.99. The molecule has 0 N–H and O–H groups in total. The number of ether oxygens (including phenoxy) is 1. The molecule has 4 nitrogen and oxygen atoms in total. The van der Waals surface area contributed by atoms with E-state index in [-0.39, 0.29) is 0 Å². The highest BCUT2D eigenvalue weighted by atomic mass is 32.2. The first-order chi connectivity index (χ1) is 13.3. The average molecular weight is 398 g/mol. The van der Waals surface area contributed by atoms with E-state index in [0.29, 0.717) is 13.2 Å². The van der Waals surface area contributed by atoms with Crippen molar-refractivity contribution in [2.24, 2.45) is 0 Å². The van der Waals surface area contributed by atoms with E-state index in [1.54, 1.807) is 23.5 Å². The Morgan fingerprint density at radius 1 is 1.04 bits per heavy atom. The zero-order chi connectivity index (χ0) is 18.9. The Bertz CT molecular complexity index is 848. The summed E-state index contributed by atoms with van der Waals surface area (Å²) in [7, 11) is 0. The van der Waals surface area contributed by atoms with Crippen LogP contribution in [0.3, 0.4) is 0 Å². The van der Waals surface area contributed by atoms with Crippen molar-refractivity contribution in [3.05, 3.63) is 78.6 Å². The Kier molecular flexibility index (Phi) is 7.42. The molecule has 0 radical (unpaired) electrons. The number of nitrogens with zero attached hydrogens (tertiary/aromatic N) is 3. The van der Waals surface area contributed by atoms with Gasteiger partial charge in [0.15, 0.2) is 5.16 Å². The van der Waals surface area contributed by atoms with Crippen LogP contribution in [-0.2, 0) is 12.3 Å². The quantitative estimate of drug-likeness (QED) is 0.266. The van der Waals surface area contributed by atoms with Crippen molar-refractivity contribution in [3.8, 4) is 5.75 Å². The lowest BCUT2D eigenvalue weighted by Gasteiger charge is -2.08. The summed E-state index contributed by atoms with van der Waals surface area (Å²) in [6, 6.07) is 18.4. The number of thioether (sulfide) groups is 2. The monoisotopic (exact) mass is 397 g/mol. The molecule has 0 aliphatic carbocycles. The molecule has 0 unspecified atom stereocenters. The Hall–Kier alpha value is -2.18. The number of hydrogen-bond acceptors (Lipinski definition) is 5. The first-order valence-electron chi connectivity index (χ1n) is 8.79. The lowest BCUT2D eigenvalue weighted by atomic mass is 10.2. The molecule has 2 aromatic carbocycles. The van der Waals surface area contributed by atoms with Gasteiger partial charge in [-0.2, -0.15) is 0 Å². The molecule has 0 fully saturated rings. The second-order valence-corrected chi connectivity index (χ2v) is 8.02. The number of allylic oxidation sites excluding steroid dienone is 1. The van der Waals surface area contributed by atoms with Crippen molar-refractivity contribution >= 4 is 23.5 Å². The van der Waals surface area contributed by atoms with Gasteiger partial charge in [-0.25, -0.2) is 0 Å². The van der Waals surface area contributed by atoms with Crippen LogP contribution in [0.25, 0.3) is 0 Å². The lowest BCUT2D eigenvalue weighted by Crippen LogP contribution is -2.05. The predicted molar refractivity (Wildman–Crippen MR) is 114 cm³/mol. The molecule has 140 valence electrons. The number of aromatic nitrogens is 3. The SMILES string of the molecule is C=CCn1c(CSc2ccccc2)nnc1SCCOc1ccc(C)cc1. The van der Waals surface area contributed by atoms with Gasteiger partial charge < -0.3 is 9.30 Å². The molecule has 0 spiro atoms. The van der Waals surface area contributed by atoms with Crippen LogP contribution in [-0.4, -0.2) is 27.1 Å².